The van der Waals surface area contributed by atoms with Crippen LogP contribution in [0.2, 0.25) is 0 Å². The molecule has 3 N–H and O–H groups in total. The maximum Gasteiger partial charge on any atom is 0.250 e. The normalized spacial score (nSPS) is 11.5. The number of fused-ring (bicyclic) bond motifs is 2. The van der Waals surface area contributed by atoms with Gasteiger partial charge in [0.15, 0.2) is 5.16 Å². The van der Waals surface area contributed by atoms with Gasteiger partial charge in [0, 0.05) is 10.0 Å². The molecule has 1 amide bonds. The largest absolute Gasteiger partial charge is 0.507 e. The van der Waals surface area contributed by atoms with E-state index in [-0.39, 0.29) is 17.4 Å². The van der Waals surface area contributed by atoms with Gasteiger partial charge in [0.1, 0.15) is 5.75 Å². The second-order valence-corrected chi connectivity index (χ2v) is 7.88. The molecule has 4 aromatic rings. The van der Waals surface area contributed by atoms with Crippen LogP contribution in [0.15, 0.2) is 69.3 Å². The molecule has 3 aromatic carbocycles. The number of halogens is 1. The molecule has 0 bridgehead atoms. The van der Waals surface area contributed by atoms with E-state index in [1.807, 2.05) is 48.5 Å². The van der Waals surface area contributed by atoms with E-state index < -0.39 is 0 Å². The highest BCUT2D eigenvalue weighted by atomic mass is 79.9. The maximum atomic E-state index is 12.1. The summed E-state index contributed by atoms with van der Waals surface area (Å²) in [6.07, 6.45) is 1.45. The lowest BCUT2D eigenvalue weighted by atomic mass is 10.0. The quantitative estimate of drug-likeness (QED) is 0.236. The zero-order chi connectivity index (χ0) is 19.5. The molecule has 4 rings (SSSR count). The van der Waals surface area contributed by atoms with Gasteiger partial charge in [0.05, 0.1) is 23.0 Å². The number of phenolic OH excluding ortho intramolecular Hbond substituents is 1. The number of aromatic nitrogens is 2. The fraction of sp³-hybridized carbons (Fsp3) is 0.0500. The summed E-state index contributed by atoms with van der Waals surface area (Å²) < 4.78 is 0.949. The van der Waals surface area contributed by atoms with Gasteiger partial charge < -0.3 is 10.1 Å². The zero-order valence-electron chi connectivity index (χ0n) is 14.5. The summed E-state index contributed by atoms with van der Waals surface area (Å²) in [6.45, 7) is 0. The first kappa shape index (κ1) is 18.5. The number of hydrogen-bond acceptors (Lipinski definition) is 5. The maximum absolute atomic E-state index is 12.1. The smallest absolute Gasteiger partial charge is 0.250 e. The molecule has 6 nitrogen and oxygen atoms in total. The number of hydrazone groups is 1. The number of aromatic amines is 1. The van der Waals surface area contributed by atoms with Crippen LogP contribution in [0.5, 0.6) is 5.75 Å². The van der Waals surface area contributed by atoms with Crippen LogP contribution in [0.25, 0.3) is 21.8 Å². The van der Waals surface area contributed by atoms with Crippen LogP contribution < -0.4 is 5.43 Å². The summed E-state index contributed by atoms with van der Waals surface area (Å²) in [5.74, 6) is 0.0136. The van der Waals surface area contributed by atoms with Crippen LogP contribution in [0, 0.1) is 0 Å². The summed E-state index contributed by atoms with van der Waals surface area (Å²) in [5, 5.41) is 16.6. The fourth-order valence-corrected chi connectivity index (χ4v) is 3.84. The lowest BCUT2D eigenvalue weighted by Gasteiger charge is -2.05. The summed E-state index contributed by atoms with van der Waals surface area (Å²) in [6, 6.07) is 16.9. The van der Waals surface area contributed by atoms with Crippen molar-refractivity contribution in [3.05, 3.63) is 64.6 Å². The summed E-state index contributed by atoms with van der Waals surface area (Å²) in [5.41, 5.74) is 4.83. The minimum Gasteiger partial charge on any atom is -0.507 e. The SMILES string of the molecule is O=C(CSc1nc2ccccc2[nH]1)N/N=C\c1c(O)ccc2cc(Br)ccc12. The van der Waals surface area contributed by atoms with Crippen molar-refractivity contribution >= 4 is 61.6 Å². The Morgan fingerprint density at radius 3 is 2.96 bits per heavy atom. The zero-order valence-corrected chi connectivity index (χ0v) is 16.9. The number of hydrogen-bond donors (Lipinski definition) is 3. The molecular formula is C20H15BrN4O2S. The van der Waals surface area contributed by atoms with E-state index >= 15 is 0 Å². The molecule has 0 fully saturated rings. The van der Waals surface area contributed by atoms with Gasteiger partial charge in [-0.25, -0.2) is 10.4 Å². The molecule has 140 valence electrons. The molecule has 0 unspecified atom stereocenters. The number of amides is 1. The predicted molar refractivity (Wildman–Crippen MR) is 116 cm³/mol. The molecule has 0 aliphatic rings. The van der Waals surface area contributed by atoms with Crippen LogP contribution in [0.1, 0.15) is 5.56 Å². The second kappa shape index (κ2) is 8.04. The minimum atomic E-state index is -0.260. The molecule has 0 aliphatic carbocycles. The van der Waals surface area contributed by atoms with Crippen molar-refractivity contribution in [3.63, 3.8) is 0 Å². The lowest BCUT2D eigenvalue weighted by Crippen LogP contribution is -2.19. The number of nitrogens with one attached hydrogen (secondary N) is 2. The van der Waals surface area contributed by atoms with Gasteiger partial charge in [-0.15, -0.1) is 0 Å². The van der Waals surface area contributed by atoms with Gasteiger partial charge in [-0.1, -0.05) is 52.0 Å². The molecule has 0 saturated heterocycles. The Hall–Kier alpha value is -2.84. The third-order valence-corrected chi connectivity index (χ3v) is 5.46. The summed E-state index contributed by atoms with van der Waals surface area (Å²) in [4.78, 5) is 19.6. The Bertz CT molecular complexity index is 1170. The third kappa shape index (κ3) is 4.02. The van der Waals surface area contributed by atoms with Gasteiger partial charge in [-0.2, -0.15) is 5.10 Å². The predicted octanol–water partition coefficient (Wildman–Crippen LogP) is 4.43. The van der Waals surface area contributed by atoms with Gasteiger partial charge in [0.25, 0.3) is 5.91 Å². The molecule has 8 heteroatoms. The molecule has 28 heavy (non-hydrogen) atoms. The van der Waals surface area contributed by atoms with Crippen molar-refractivity contribution < 1.29 is 9.90 Å². The molecular weight excluding hydrogens is 440 g/mol. The molecule has 0 saturated carbocycles. The molecule has 0 radical (unpaired) electrons. The van der Waals surface area contributed by atoms with E-state index in [0.717, 1.165) is 26.3 Å². The minimum absolute atomic E-state index is 0.101. The first-order valence-corrected chi connectivity index (χ1v) is 10.2. The number of rotatable bonds is 5. The van der Waals surface area contributed by atoms with Crippen molar-refractivity contribution in [3.8, 4) is 5.75 Å². The standard InChI is InChI=1S/C20H15BrN4O2S/c21-13-6-7-14-12(9-13)5-8-18(26)15(14)10-22-25-19(27)11-28-20-23-16-3-1-2-4-17(16)24-20/h1-10,26H,11H2,(H,23,24)(H,25,27)/b22-10-. The van der Waals surface area contributed by atoms with E-state index in [2.05, 4.69) is 36.4 Å². The summed E-state index contributed by atoms with van der Waals surface area (Å²) >= 11 is 4.73. The Kier molecular flexibility index (Phi) is 5.31. The number of carbonyl (C=O) groups is 1. The molecule has 1 heterocycles. The van der Waals surface area contributed by atoms with E-state index in [0.29, 0.717) is 10.7 Å². The molecule has 0 aliphatic heterocycles. The number of nitrogens with zero attached hydrogens (tertiary/aromatic N) is 2. The van der Waals surface area contributed by atoms with Crippen LogP contribution in [-0.4, -0.2) is 32.9 Å². The van der Waals surface area contributed by atoms with E-state index in [9.17, 15) is 9.90 Å². The number of carbonyl (C=O) groups excluding carboxylic acids is 1. The number of aromatic hydroxyl groups is 1. The van der Waals surface area contributed by atoms with Crippen LogP contribution in [-0.2, 0) is 4.79 Å². The number of imidazole rings is 1. The second-order valence-electron chi connectivity index (χ2n) is 6.00. The van der Waals surface area contributed by atoms with Gasteiger partial charge in [0.2, 0.25) is 0 Å². The van der Waals surface area contributed by atoms with Crippen molar-refractivity contribution in [1.29, 1.82) is 0 Å². The third-order valence-electron chi connectivity index (χ3n) is 4.09. The monoisotopic (exact) mass is 454 g/mol. The fourth-order valence-electron chi connectivity index (χ4n) is 2.78. The van der Waals surface area contributed by atoms with Crippen molar-refractivity contribution in [1.82, 2.24) is 15.4 Å². The number of benzene rings is 3. The highest BCUT2D eigenvalue weighted by Crippen LogP contribution is 2.28. The van der Waals surface area contributed by atoms with Crippen molar-refractivity contribution in [2.45, 2.75) is 5.16 Å². The molecule has 0 spiro atoms. The molecule has 1 aromatic heterocycles. The topological polar surface area (TPSA) is 90.4 Å². The Morgan fingerprint density at radius 1 is 1.25 bits per heavy atom. The van der Waals surface area contributed by atoms with Crippen LogP contribution >= 0.6 is 27.7 Å². The number of phenols is 1. The first-order chi connectivity index (χ1) is 13.6. The molecule has 0 atom stereocenters. The number of H-pyrrole nitrogens is 1. The number of thioether (sulfide) groups is 1. The summed E-state index contributed by atoms with van der Waals surface area (Å²) in [7, 11) is 0. The van der Waals surface area contributed by atoms with Gasteiger partial charge >= 0.3 is 0 Å². The number of para-hydroxylation sites is 2. The van der Waals surface area contributed by atoms with Gasteiger partial charge in [-0.05, 0) is 41.1 Å². The average Bonchev–Trinajstić information content (AvgIpc) is 3.11. The highest BCUT2D eigenvalue weighted by Gasteiger charge is 2.08. The average molecular weight is 455 g/mol. The Balaban J connectivity index is 1.41. The first-order valence-electron chi connectivity index (χ1n) is 8.41. The Labute approximate surface area is 173 Å². The lowest BCUT2D eigenvalue weighted by molar-refractivity contribution is -0.118. The van der Waals surface area contributed by atoms with Gasteiger partial charge in [-0.3, -0.25) is 4.79 Å². The van der Waals surface area contributed by atoms with E-state index in [1.54, 1.807) is 6.07 Å². The van der Waals surface area contributed by atoms with Crippen molar-refractivity contribution in [2.75, 3.05) is 5.75 Å². The van der Waals surface area contributed by atoms with E-state index in [4.69, 9.17) is 0 Å². The van der Waals surface area contributed by atoms with Crippen LogP contribution in [0.3, 0.4) is 0 Å². The van der Waals surface area contributed by atoms with Crippen molar-refractivity contribution in [2.24, 2.45) is 5.10 Å². The Morgan fingerprint density at radius 2 is 2.11 bits per heavy atom. The van der Waals surface area contributed by atoms with Crippen LogP contribution in [0.4, 0.5) is 0 Å². The van der Waals surface area contributed by atoms with E-state index in [1.165, 1.54) is 18.0 Å². The highest BCUT2D eigenvalue weighted by molar-refractivity contribution is 9.10.